The maximum Gasteiger partial charge on any atom is 0.313 e. The molecule has 3 amide bonds. The fraction of sp³-hybridized carbons (Fsp3) is 0.442. The maximum atomic E-state index is 15.2. The molecule has 2 bridgehead atoms. The number of nitrogens with zero attached hydrogens (tertiary/aromatic N) is 3. The van der Waals surface area contributed by atoms with Gasteiger partial charge in [0.05, 0.1) is 36.6 Å². The first-order chi connectivity index (χ1) is 25.9. The number of fused-ring (bicyclic) bond motifs is 2. The summed E-state index contributed by atoms with van der Waals surface area (Å²) in [4.78, 5) is 62.2. The normalized spacial score (nSPS) is 25.9. The average molecular weight is 801 g/mol. The van der Waals surface area contributed by atoms with E-state index in [0.717, 1.165) is 10.8 Å². The lowest BCUT2D eigenvalue weighted by atomic mass is 9.70. The van der Waals surface area contributed by atoms with E-state index in [9.17, 15) is 19.5 Å². The molecule has 1 unspecified atom stereocenters. The van der Waals surface area contributed by atoms with Crippen LogP contribution in [0.5, 0.6) is 0 Å². The molecular weight excluding hydrogens is 750 g/mol. The molecule has 3 aromatic carbocycles. The quantitative estimate of drug-likeness (QED) is 0.110. The molecule has 6 rings (SSSR count). The highest BCUT2D eigenvalue weighted by Gasteiger charge is 2.78. The number of anilines is 1. The summed E-state index contributed by atoms with van der Waals surface area (Å²) in [5.41, 5.74) is -0.0687. The Kier molecular flexibility index (Phi) is 11.8. The second-order valence-electron chi connectivity index (χ2n) is 15.0. The fourth-order valence-electron chi connectivity index (χ4n) is 8.66. The molecule has 0 saturated carbocycles. The summed E-state index contributed by atoms with van der Waals surface area (Å²) in [6, 6.07) is 20.4. The Hall–Kier alpha value is -4.32. The van der Waals surface area contributed by atoms with Crippen LogP contribution in [0.15, 0.2) is 98.1 Å². The van der Waals surface area contributed by atoms with Gasteiger partial charge in [-0.15, -0.1) is 13.2 Å². The highest BCUT2D eigenvalue weighted by atomic mass is 79.9. The van der Waals surface area contributed by atoms with Gasteiger partial charge < -0.3 is 29.3 Å². The second kappa shape index (κ2) is 16.2. The van der Waals surface area contributed by atoms with Crippen molar-refractivity contribution in [2.24, 2.45) is 17.8 Å². The molecule has 0 radical (unpaired) electrons. The number of rotatable bonds is 15. The van der Waals surface area contributed by atoms with Crippen LogP contribution < -0.4 is 4.90 Å². The van der Waals surface area contributed by atoms with Gasteiger partial charge in [0.25, 0.3) is 5.91 Å². The molecule has 286 valence electrons. The molecule has 3 saturated heterocycles. The number of likely N-dealkylation sites (tertiary alicyclic amines) is 1. The Balaban J connectivity index is 1.40. The van der Waals surface area contributed by atoms with E-state index >= 15 is 4.79 Å². The lowest BCUT2D eigenvalue weighted by molar-refractivity contribution is -0.165. The average Bonchev–Trinajstić information content (AvgIpc) is 3.77. The van der Waals surface area contributed by atoms with Crippen molar-refractivity contribution >= 4 is 56.1 Å². The number of amides is 3. The molecule has 11 heteroatoms. The van der Waals surface area contributed by atoms with Gasteiger partial charge in [0, 0.05) is 30.5 Å². The van der Waals surface area contributed by atoms with Gasteiger partial charge in [-0.2, -0.15) is 0 Å². The molecule has 3 aliphatic rings. The fourth-order valence-corrected chi connectivity index (χ4v) is 9.60. The molecule has 0 aliphatic carbocycles. The lowest BCUT2D eigenvalue weighted by Gasteiger charge is -2.40. The number of likely N-dealkylation sites (N-methyl/N-ethyl adjacent to an activating group) is 1. The molecule has 1 N–H and O–H groups in total. The summed E-state index contributed by atoms with van der Waals surface area (Å²) < 4.78 is 13.2. The first kappa shape index (κ1) is 39.4. The SMILES string of the molecule is C=CCCC(=O)N(C)[C@@H](C)[C@@H](OC(=O)[C@H]1[C@@H]2O[C@@]3(CC2Br)[C@@H]1C(=O)N([C@@H](CO)C(C)C)[C@@H]3C(=O)N(CC=C)c1ccc2ccccc2c1)c1ccccc1. The van der Waals surface area contributed by atoms with E-state index in [4.69, 9.17) is 9.47 Å². The maximum absolute atomic E-state index is 15.2. The predicted molar refractivity (Wildman–Crippen MR) is 212 cm³/mol. The standard InChI is InChI=1S/C43H50BrN3O7/c1-7-9-19-34(49)45(6)27(5)37(29-16-11-10-12-17-29)53-42(52)35-36-40(50)47(33(25-48)26(3)4)39(43(36)24-32(44)38(35)54-43)41(51)46(22-8-2)31-21-20-28-15-13-14-18-30(28)23-31/h7-8,10-18,20-21,23,26-27,32-33,35-39,48H,1-2,9,19,22,24-25H2,3-6H3/t27-,32?,33-,35+,36-,37+,38+,39+,43-/m0/s1. The number of allylic oxidation sites excluding steroid dienone is 1. The summed E-state index contributed by atoms with van der Waals surface area (Å²) in [6.45, 7) is 13.0. The Morgan fingerprint density at radius 2 is 1.72 bits per heavy atom. The van der Waals surface area contributed by atoms with E-state index in [1.165, 1.54) is 4.90 Å². The minimum atomic E-state index is -1.39. The van der Waals surface area contributed by atoms with Crippen molar-refractivity contribution in [2.45, 2.75) is 80.8 Å². The highest BCUT2D eigenvalue weighted by molar-refractivity contribution is 9.09. The third-order valence-electron chi connectivity index (χ3n) is 11.5. The highest BCUT2D eigenvalue weighted by Crippen LogP contribution is 2.61. The van der Waals surface area contributed by atoms with E-state index in [2.05, 4.69) is 29.1 Å². The van der Waals surface area contributed by atoms with Crippen molar-refractivity contribution in [2.75, 3.05) is 25.1 Å². The largest absolute Gasteiger partial charge is 0.455 e. The first-order valence-electron chi connectivity index (χ1n) is 18.7. The molecule has 1 spiro atoms. The molecule has 3 aromatic rings. The molecule has 0 aromatic heterocycles. The molecule has 3 fully saturated rings. The molecule has 3 aliphatic heterocycles. The van der Waals surface area contributed by atoms with Gasteiger partial charge in [0.1, 0.15) is 17.7 Å². The third kappa shape index (κ3) is 6.90. The smallest absolute Gasteiger partial charge is 0.313 e. The Labute approximate surface area is 325 Å². The van der Waals surface area contributed by atoms with Gasteiger partial charge in [-0.3, -0.25) is 19.2 Å². The number of carbonyl (C=O) groups excluding carboxylic acids is 4. The monoisotopic (exact) mass is 799 g/mol. The minimum Gasteiger partial charge on any atom is -0.455 e. The summed E-state index contributed by atoms with van der Waals surface area (Å²) in [5.74, 6) is -3.91. The Morgan fingerprint density at radius 3 is 2.37 bits per heavy atom. The zero-order chi connectivity index (χ0) is 38.9. The van der Waals surface area contributed by atoms with E-state index in [-0.39, 0.29) is 42.1 Å². The van der Waals surface area contributed by atoms with Crippen LogP contribution in [0.2, 0.25) is 0 Å². The number of carbonyl (C=O) groups is 4. The summed E-state index contributed by atoms with van der Waals surface area (Å²) in [5, 5.41) is 12.7. The van der Waals surface area contributed by atoms with Crippen LogP contribution in [0, 0.1) is 17.8 Å². The van der Waals surface area contributed by atoms with Crippen molar-refractivity contribution in [3.05, 3.63) is 104 Å². The molecule has 3 heterocycles. The van der Waals surface area contributed by atoms with Gasteiger partial charge in [-0.1, -0.05) is 103 Å². The molecule has 10 nitrogen and oxygen atoms in total. The Morgan fingerprint density at radius 1 is 1.04 bits per heavy atom. The summed E-state index contributed by atoms with van der Waals surface area (Å²) in [7, 11) is 1.68. The summed E-state index contributed by atoms with van der Waals surface area (Å²) in [6.07, 6.45) is 2.77. The summed E-state index contributed by atoms with van der Waals surface area (Å²) >= 11 is 3.77. The van der Waals surface area contributed by atoms with Crippen LogP contribution in [0.4, 0.5) is 5.69 Å². The van der Waals surface area contributed by atoms with Crippen molar-refractivity contribution in [3.63, 3.8) is 0 Å². The lowest BCUT2D eigenvalue weighted by Crippen LogP contribution is -2.60. The number of aliphatic hydroxyl groups excluding tert-OH is 1. The van der Waals surface area contributed by atoms with Crippen LogP contribution in [-0.2, 0) is 28.7 Å². The topological polar surface area (TPSA) is 117 Å². The van der Waals surface area contributed by atoms with Crippen LogP contribution in [0.3, 0.4) is 0 Å². The number of hydrogen-bond donors (Lipinski definition) is 1. The van der Waals surface area contributed by atoms with E-state index in [0.29, 0.717) is 24.1 Å². The van der Waals surface area contributed by atoms with Crippen molar-refractivity contribution in [1.82, 2.24) is 9.80 Å². The number of esters is 1. The Bertz CT molecular complexity index is 1900. The molecular formula is C43H50BrN3O7. The van der Waals surface area contributed by atoms with Crippen LogP contribution >= 0.6 is 15.9 Å². The molecule has 54 heavy (non-hydrogen) atoms. The first-order valence-corrected chi connectivity index (χ1v) is 19.6. The van der Waals surface area contributed by atoms with E-state index < -0.39 is 59.6 Å². The van der Waals surface area contributed by atoms with Crippen molar-refractivity contribution in [3.8, 4) is 0 Å². The van der Waals surface area contributed by atoms with Gasteiger partial charge in [0.15, 0.2) is 0 Å². The second-order valence-corrected chi connectivity index (χ2v) is 16.2. The number of aliphatic hydroxyl groups is 1. The van der Waals surface area contributed by atoms with Crippen molar-refractivity contribution in [1.29, 1.82) is 0 Å². The van der Waals surface area contributed by atoms with Gasteiger partial charge in [-0.25, -0.2) is 0 Å². The number of hydrogen-bond acceptors (Lipinski definition) is 7. The van der Waals surface area contributed by atoms with E-state index in [1.54, 1.807) is 29.0 Å². The minimum absolute atomic E-state index is 0.121. The van der Waals surface area contributed by atoms with Crippen LogP contribution in [0.25, 0.3) is 10.8 Å². The van der Waals surface area contributed by atoms with Gasteiger partial charge in [-0.05, 0) is 54.2 Å². The molecule has 9 atom stereocenters. The van der Waals surface area contributed by atoms with E-state index in [1.807, 2.05) is 93.6 Å². The van der Waals surface area contributed by atoms with Crippen molar-refractivity contribution < 1.29 is 33.8 Å². The zero-order valence-corrected chi connectivity index (χ0v) is 32.9. The predicted octanol–water partition coefficient (Wildman–Crippen LogP) is 6.22. The number of halogens is 1. The van der Waals surface area contributed by atoms with Crippen LogP contribution in [-0.4, -0.2) is 93.5 Å². The zero-order valence-electron chi connectivity index (χ0n) is 31.3. The third-order valence-corrected chi connectivity index (χ3v) is 12.4. The van der Waals surface area contributed by atoms with Gasteiger partial charge in [0.2, 0.25) is 11.8 Å². The number of ether oxygens (including phenoxy) is 2. The van der Waals surface area contributed by atoms with Crippen LogP contribution in [0.1, 0.15) is 51.7 Å². The number of alkyl halides is 1. The number of benzene rings is 3. The van der Waals surface area contributed by atoms with Gasteiger partial charge >= 0.3 is 5.97 Å².